The Morgan fingerprint density at radius 3 is 2.52 bits per heavy atom. The van der Waals surface area contributed by atoms with Gasteiger partial charge in [0.05, 0.1) is 11.3 Å². The molecule has 2 rings (SSSR count). The standard InChI is InChI=1S/C15H14F3N3O2/c1-9-7-14(23)21(10(2)19-9)8-13(22)20-12-6-4-3-5-11(12)15(16,17)18/h3-7H,8H2,1-2H3,(H,20,22). The predicted octanol–water partition coefficient (Wildman–Crippen LogP) is 2.52. The number of carbonyl (C=O) groups is 1. The van der Waals surface area contributed by atoms with E-state index < -0.39 is 29.8 Å². The molecule has 0 saturated carbocycles. The van der Waals surface area contributed by atoms with Crippen LogP contribution in [-0.2, 0) is 17.5 Å². The third-order valence-electron chi connectivity index (χ3n) is 3.14. The molecule has 1 N–H and O–H groups in total. The van der Waals surface area contributed by atoms with Crippen LogP contribution in [0.3, 0.4) is 0 Å². The van der Waals surface area contributed by atoms with Gasteiger partial charge in [0, 0.05) is 11.8 Å². The molecule has 0 aliphatic carbocycles. The smallest absolute Gasteiger partial charge is 0.324 e. The van der Waals surface area contributed by atoms with E-state index in [1.807, 2.05) is 0 Å². The summed E-state index contributed by atoms with van der Waals surface area (Å²) in [5, 5.41) is 2.19. The second-order valence-electron chi connectivity index (χ2n) is 4.96. The molecule has 8 heteroatoms. The second kappa shape index (κ2) is 6.23. The first-order valence-electron chi connectivity index (χ1n) is 6.69. The predicted molar refractivity (Wildman–Crippen MR) is 78.0 cm³/mol. The van der Waals surface area contributed by atoms with Crippen LogP contribution in [-0.4, -0.2) is 15.5 Å². The maximum absolute atomic E-state index is 12.9. The molecule has 0 aliphatic rings. The van der Waals surface area contributed by atoms with E-state index in [2.05, 4.69) is 10.3 Å². The van der Waals surface area contributed by atoms with Crippen LogP contribution in [0.25, 0.3) is 0 Å². The number of hydrogen-bond acceptors (Lipinski definition) is 3. The van der Waals surface area contributed by atoms with Crippen LogP contribution in [0, 0.1) is 13.8 Å². The van der Waals surface area contributed by atoms with Crippen molar-refractivity contribution in [3.8, 4) is 0 Å². The van der Waals surface area contributed by atoms with Gasteiger partial charge in [-0.1, -0.05) is 12.1 Å². The van der Waals surface area contributed by atoms with Crippen molar-refractivity contribution in [2.24, 2.45) is 0 Å². The minimum Gasteiger partial charge on any atom is -0.324 e. The van der Waals surface area contributed by atoms with Gasteiger partial charge in [-0.3, -0.25) is 14.2 Å². The Bertz CT molecular complexity index is 797. The molecular weight excluding hydrogens is 311 g/mol. The van der Waals surface area contributed by atoms with Crippen LogP contribution in [0.5, 0.6) is 0 Å². The Morgan fingerprint density at radius 1 is 1.26 bits per heavy atom. The van der Waals surface area contributed by atoms with E-state index in [0.29, 0.717) is 11.5 Å². The van der Waals surface area contributed by atoms with E-state index >= 15 is 0 Å². The number of rotatable bonds is 3. The van der Waals surface area contributed by atoms with Crippen molar-refractivity contribution in [3.63, 3.8) is 0 Å². The quantitative estimate of drug-likeness (QED) is 0.943. The number of nitrogens with zero attached hydrogens (tertiary/aromatic N) is 2. The number of amides is 1. The highest BCUT2D eigenvalue weighted by Crippen LogP contribution is 2.34. The number of alkyl halides is 3. The highest BCUT2D eigenvalue weighted by atomic mass is 19.4. The fourth-order valence-electron chi connectivity index (χ4n) is 2.13. The Balaban J connectivity index is 2.24. The molecule has 0 spiro atoms. The van der Waals surface area contributed by atoms with Crippen molar-refractivity contribution in [3.05, 3.63) is 57.8 Å². The number of nitrogens with one attached hydrogen (secondary N) is 1. The molecule has 0 fully saturated rings. The van der Waals surface area contributed by atoms with Crippen LogP contribution in [0.1, 0.15) is 17.1 Å². The van der Waals surface area contributed by atoms with Crippen molar-refractivity contribution >= 4 is 11.6 Å². The van der Waals surface area contributed by atoms with Gasteiger partial charge in [0.25, 0.3) is 5.56 Å². The first-order chi connectivity index (χ1) is 10.7. The highest BCUT2D eigenvalue weighted by molar-refractivity contribution is 5.91. The number of benzene rings is 1. The van der Waals surface area contributed by atoms with Gasteiger partial charge in [-0.2, -0.15) is 13.2 Å². The molecule has 2 aromatic rings. The summed E-state index contributed by atoms with van der Waals surface area (Å²) in [4.78, 5) is 27.9. The minimum atomic E-state index is -4.58. The monoisotopic (exact) mass is 325 g/mol. The summed E-state index contributed by atoms with van der Waals surface area (Å²) in [5.41, 5.74) is -1.23. The summed E-state index contributed by atoms with van der Waals surface area (Å²) in [6, 6.07) is 5.90. The molecule has 0 radical (unpaired) electrons. The van der Waals surface area contributed by atoms with E-state index in [1.165, 1.54) is 18.2 Å². The Morgan fingerprint density at radius 2 is 1.91 bits per heavy atom. The number of aromatic nitrogens is 2. The molecular formula is C15H14F3N3O2. The maximum atomic E-state index is 12.9. The molecule has 0 aliphatic heterocycles. The molecule has 0 saturated heterocycles. The van der Waals surface area contributed by atoms with Gasteiger partial charge in [0.1, 0.15) is 12.4 Å². The van der Waals surface area contributed by atoms with Crippen LogP contribution < -0.4 is 10.9 Å². The molecule has 0 unspecified atom stereocenters. The van der Waals surface area contributed by atoms with Gasteiger partial charge in [0.2, 0.25) is 5.91 Å². The van der Waals surface area contributed by atoms with Gasteiger partial charge < -0.3 is 5.32 Å². The number of hydrogen-bond donors (Lipinski definition) is 1. The molecule has 0 bridgehead atoms. The highest BCUT2D eigenvalue weighted by Gasteiger charge is 2.33. The van der Waals surface area contributed by atoms with Crippen molar-refractivity contribution in [1.82, 2.24) is 9.55 Å². The van der Waals surface area contributed by atoms with Gasteiger partial charge >= 0.3 is 6.18 Å². The van der Waals surface area contributed by atoms with Crippen molar-refractivity contribution < 1.29 is 18.0 Å². The lowest BCUT2D eigenvalue weighted by Crippen LogP contribution is -2.30. The lowest BCUT2D eigenvalue weighted by Gasteiger charge is -2.14. The molecule has 0 atom stereocenters. The first kappa shape index (κ1) is 16.7. The lowest BCUT2D eigenvalue weighted by atomic mass is 10.1. The third kappa shape index (κ3) is 3.97. The zero-order valence-corrected chi connectivity index (χ0v) is 12.4. The topological polar surface area (TPSA) is 64.0 Å². The van der Waals surface area contributed by atoms with Gasteiger partial charge in [-0.25, -0.2) is 4.98 Å². The van der Waals surface area contributed by atoms with E-state index in [1.54, 1.807) is 13.8 Å². The summed E-state index contributed by atoms with van der Waals surface area (Å²) < 4.78 is 39.7. The summed E-state index contributed by atoms with van der Waals surface area (Å²) >= 11 is 0. The summed E-state index contributed by atoms with van der Waals surface area (Å²) in [6.07, 6.45) is -4.58. The first-order valence-corrected chi connectivity index (χ1v) is 6.69. The summed E-state index contributed by atoms with van der Waals surface area (Å²) in [6.45, 7) is 2.77. The molecule has 5 nitrogen and oxygen atoms in total. The number of para-hydroxylation sites is 1. The number of anilines is 1. The van der Waals surface area contributed by atoms with E-state index in [-0.39, 0.29) is 5.69 Å². The zero-order chi connectivity index (χ0) is 17.2. The Hall–Kier alpha value is -2.64. The number of halogens is 3. The van der Waals surface area contributed by atoms with Crippen molar-refractivity contribution in [2.45, 2.75) is 26.6 Å². The van der Waals surface area contributed by atoms with Crippen LogP contribution in [0.4, 0.5) is 18.9 Å². The van der Waals surface area contributed by atoms with E-state index in [9.17, 15) is 22.8 Å². The third-order valence-corrected chi connectivity index (χ3v) is 3.14. The maximum Gasteiger partial charge on any atom is 0.418 e. The normalized spacial score (nSPS) is 11.3. The molecule has 1 heterocycles. The van der Waals surface area contributed by atoms with Gasteiger partial charge in [-0.05, 0) is 26.0 Å². The summed E-state index contributed by atoms with van der Waals surface area (Å²) in [7, 11) is 0. The number of aryl methyl sites for hydroxylation is 2. The molecule has 1 aromatic heterocycles. The van der Waals surface area contributed by atoms with E-state index in [4.69, 9.17) is 0 Å². The van der Waals surface area contributed by atoms with E-state index in [0.717, 1.165) is 16.7 Å². The molecule has 1 aromatic carbocycles. The number of carbonyl (C=O) groups excluding carboxylic acids is 1. The Kier molecular flexibility index (Phi) is 4.53. The van der Waals surface area contributed by atoms with Gasteiger partial charge in [-0.15, -0.1) is 0 Å². The van der Waals surface area contributed by atoms with Crippen LogP contribution >= 0.6 is 0 Å². The fourth-order valence-corrected chi connectivity index (χ4v) is 2.13. The average molecular weight is 325 g/mol. The van der Waals surface area contributed by atoms with Crippen molar-refractivity contribution in [1.29, 1.82) is 0 Å². The zero-order valence-electron chi connectivity index (χ0n) is 12.4. The molecule has 1 amide bonds. The average Bonchev–Trinajstić information content (AvgIpc) is 2.42. The Labute approximate surface area is 129 Å². The van der Waals surface area contributed by atoms with Crippen LogP contribution in [0.2, 0.25) is 0 Å². The SMILES string of the molecule is Cc1cc(=O)n(CC(=O)Nc2ccccc2C(F)(F)F)c(C)n1. The van der Waals surface area contributed by atoms with Crippen molar-refractivity contribution in [2.75, 3.05) is 5.32 Å². The fraction of sp³-hybridized carbons (Fsp3) is 0.267. The van der Waals surface area contributed by atoms with Crippen LogP contribution in [0.15, 0.2) is 35.1 Å². The molecule has 122 valence electrons. The minimum absolute atomic E-state index is 0.314. The molecule has 23 heavy (non-hydrogen) atoms. The van der Waals surface area contributed by atoms with Gasteiger partial charge in [0.15, 0.2) is 0 Å². The summed E-state index contributed by atoms with van der Waals surface area (Å²) in [5.74, 6) is -0.424. The largest absolute Gasteiger partial charge is 0.418 e. The second-order valence-corrected chi connectivity index (χ2v) is 4.96. The lowest BCUT2D eigenvalue weighted by molar-refractivity contribution is -0.137.